The van der Waals surface area contributed by atoms with Crippen molar-refractivity contribution >= 4 is 41.9 Å². The molecule has 0 N–H and O–H groups in total. The Labute approximate surface area is 170 Å². The quantitative estimate of drug-likeness (QED) is 0.613. The van der Waals surface area contributed by atoms with Gasteiger partial charge in [-0.25, -0.2) is 8.42 Å². The number of rotatable bonds is 4. The van der Waals surface area contributed by atoms with Crippen molar-refractivity contribution in [2.24, 2.45) is 0 Å². The third-order valence-corrected chi connectivity index (χ3v) is 8.07. The fourth-order valence-corrected chi connectivity index (χ4v) is 6.33. The van der Waals surface area contributed by atoms with E-state index in [0.717, 1.165) is 15.6 Å². The van der Waals surface area contributed by atoms with Crippen LogP contribution in [0.4, 0.5) is 0 Å². The molecule has 0 radical (unpaired) electrons. The Morgan fingerprint density at radius 2 is 1.73 bits per heavy atom. The van der Waals surface area contributed by atoms with E-state index in [1.807, 2.05) is 19.1 Å². The molecule has 0 saturated heterocycles. The first-order chi connectivity index (χ1) is 12.3. The van der Waals surface area contributed by atoms with E-state index in [9.17, 15) is 8.42 Å². The van der Waals surface area contributed by atoms with Gasteiger partial charge in [0.25, 0.3) is 0 Å². The molecule has 26 heavy (non-hydrogen) atoms. The van der Waals surface area contributed by atoms with Crippen molar-refractivity contribution in [1.29, 1.82) is 0 Å². The Hall–Kier alpha value is -1.09. The van der Waals surface area contributed by atoms with Crippen molar-refractivity contribution in [3.8, 4) is 11.5 Å². The summed E-state index contributed by atoms with van der Waals surface area (Å²) in [5.74, 6) is 1.26. The van der Waals surface area contributed by atoms with Gasteiger partial charge in [0.2, 0.25) is 10.0 Å². The van der Waals surface area contributed by atoms with Crippen molar-refractivity contribution in [3.63, 3.8) is 0 Å². The third kappa shape index (κ3) is 3.40. The lowest BCUT2D eigenvalue weighted by atomic mass is 9.94. The minimum atomic E-state index is -3.66. The van der Waals surface area contributed by atoms with Crippen LogP contribution in [0.15, 0.2) is 44.2 Å². The van der Waals surface area contributed by atoms with Crippen LogP contribution in [0, 0.1) is 0 Å². The molecule has 8 heteroatoms. The number of hydrogen-bond acceptors (Lipinski definition) is 4. The van der Waals surface area contributed by atoms with Crippen LogP contribution in [0.3, 0.4) is 0 Å². The summed E-state index contributed by atoms with van der Waals surface area (Å²) in [5.41, 5.74) is 2.01. The van der Waals surface area contributed by atoms with E-state index in [0.29, 0.717) is 28.9 Å². The van der Waals surface area contributed by atoms with Crippen LogP contribution in [-0.2, 0) is 16.4 Å². The van der Waals surface area contributed by atoms with Crippen molar-refractivity contribution in [2.45, 2.75) is 24.3 Å². The zero-order chi connectivity index (χ0) is 19.1. The van der Waals surface area contributed by atoms with Crippen molar-refractivity contribution in [3.05, 3.63) is 50.4 Å². The number of halogens is 2. The predicted molar refractivity (Wildman–Crippen MR) is 107 cm³/mol. The summed E-state index contributed by atoms with van der Waals surface area (Å²) in [5, 5.41) is 0. The van der Waals surface area contributed by atoms with Gasteiger partial charge in [0.05, 0.1) is 19.1 Å². The van der Waals surface area contributed by atoms with Gasteiger partial charge >= 0.3 is 0 Å². The first-order valence-corrected chi connectivity index (χ1v) is 11.0. The SMILES string of the molecule is COc1cc2c(cc1OC)C(C)N(S(=O)(=O)c1cc(Br)ccc1Br)CC2. The molecule has 5 nitrogen and oxygen atoms in total. The highest BCUT2D eigenvalue weighted by Crippen LogP contribution is 2.40. The summed E-state index contributed by atoms with van der Waals surface area (Å²) < 4.78 is 40.1. The van der Waals surface area contributed by atoms with Crippen molar-refractivity contribution < 1.29 is 17.9 Å². The van der Waals surface area contributed by atoms with Crippen molar-refractivity contribution in [2.75, 3.05) is 20.8 Å². The largest absolute Gasteiger partial charge is 0.493 e. The summed E-state index contributed by atoms with van der Waals surface area (Å²) in [4.78, 5) is 0.252. The van der Waals surface area contributed by atoms with E-state index in [2.05, 4.69) is 31.9 Å². The summed E-state index contributed by atoms with van der Waals surface area (Å²) in [6.07, 6.45) is 0.616. The maximum absolute atomic E-state index is 13.3. The predicted octanol–water partition coefficient (Wildman–Crippen LogP) is 4.54. The van der Waals surface area contributed by atoms with Crippen LogP contribution in [0.1, 0.15) is 24.1 Å². The lowest BCUT2D eigenvalue weighted by Gasteiger charge is -2.35. The molecule has 0 aliphatic carbocycles. The zero-order valence-corrected chi connectivity index (χ0v) is 18.6. The summed E-state index contributed by atoms with van der Waals surface area (Å²) >= 11 is 6.72. The highest BCUT2D eigenvalue weighted by molar-refractivity contribution is 9.11. The van der Waals surface area contributed by atoms with E-state index in [1.54, 1.807) is 32.4 Å². The first kappa shape index (κ1) is 19.7. The minimum absolute atomic E-state index is 0.252. The van der Waals surface area contributed by atoms with Crippen LogP contribution in [0.25, 0.3) is 0 Å². The van der Waals surface area contributed by atoms with Crippen LogP contribution in [-0.4, -0.2) is 33.5 Å². The van der Waals surface area contributed by atoms with Gasteiger partial charge in [-0.3, -0.25) is 0 Å². The third-order valence-electron chi connectivity index (χ3n) is 4.61. The number of hydrogen-bond donors (Lipinski definition) is 0. The number of methoxy groups -OCH3 is 2. The second-order valence-corrected chi connectivity index (χ2v) is 9.65. The zero-order valence-electron chi connectivity index (χ0n) is 14.6. The monoisotopic (exact) mass is 503 g/mol. The van der Waals surface area contributed by atoms with Crippen LogP contribution >= 0.6 is 31.9 Å². The molecule has 0 saturated carbocycles. The van der Waals surface area contributed by atoms with E-state index < -0.39 is 10.0 Å². The van der Waals surface area contributed by atoms with Gasteiger partial charge in [0, 0.05) is 21.5 Å². The lowest BCUT2D eigenvalue weighted by molar-refractivity contribution is 0.318. The van der Waals surface area contributed by atoms with E-state index in [1.165, 1.54) is 4.31 Å². The van der Waals surface area contributed by atoms with Crippen LogP contribution in [0.5, 0.6) is 11.5 Å². The minimum Gasteiger partial charge on any atom is -0.493 e. The second kappa shape index (κ2) is 7.50. The van der Waals surface area contributed by atoms with E-state index in [4.69, 9.17) is 9.47 Å². The van der Waals surface area contributed by atoms with Gasteiger partial charge in [-0.2, -0.15) is 4.31 Å². The van der Waals surface area contributed by atoms with E-state index >= 15 is 0 Å². The maximum Gasteiger partial charge on any atom is 0.244 e. The Morgan fingerprint density at radius 1 is 1.08 bits per heavy atom. The van der Waals surface area contributed by atoms with Crippen LogP contribution < -0.4 is 9.47 Å². The molecule has 1 atom stereocenters. The summed E-state index contributed by atoms with van der Waals surface area (Å²) in [6.45, 7) is 2.30. The van der Waals surface area contributed by atoms with Gasteiger partial charge < -0.3 is 9.47 Å². The summed E-state index contributed by atoms with van der Waals surface area (Å²) in [6, 6.07) is 8.65. The van der Waals surface area contributed by atoms with Gasteiger partial charge in [-0.1, -0.05) is 15.9 Å². The molecule has 1 aliphatic rings. The topological polar surface area (TPSA) is 55.8 Å². The molecular formula is C18H19Br2NO4S. The number of nitrogens with zero attached hydrogens (tertiary/aromatic N) is 1. The highest BCUT2D eigenvalue weighted by atomic mass is 79.9. The molecule has 0 aromatic heterocycles. The molecule has 2 aromatic carbocycles. The van der Waals surface area contributed by atoms with Gasteiger partial charge in [-0.05, 0) is 70.7 Å². The summed E-state index contributed by atoms with van der Waals surface area (Å²) in [7, 11) is -0.488. The highest BCUT2D eigenvalue weighted by Gasteiger charge is 2.35. The molecule has 0 spiro atoms. The molecular weight excluding hydrogens is 486 g/mol. The fraction of sp³-hybridized carbons (Fsp3) is 0.333. The van der Waals surface area contributed by atoms with Gasteiger partial charge in [-0.15, -0.1) is 0 Å². The smallest absolute Gasteiger partial charge is 0.244 e. The number of sulfonamides is 1. The Bertz CT molecular complexity index is 946. The van der Waals surface area contributed by atoms with Crippen LogP contribution in [0.2, 0.25) is 0 Å². The number of ether oxygens (including phenoxy) is 2. The lowest BCUT2D eigenvalue weighted by Crippen LogP contribution is -2.39. The molecule has 3 rings (SSSR count). The maximum atomic E-state index is 13.3. The first-order valence-electron chi connectivity index (χ1n) is 8.01. The van der Waals surface area contributed by atoms with E-state index in [-0.39, 0.29) is 10.9 Å². The van der Waals surface area contributed by atoms with Gasteiger partial charge in [0.1, 0.15) is 0 Å². The number of benzene rings is 2. The number of fused-ring (bicyclic) bond motifs is 1. The molecule has 140 valence electrons. The average Bonchev–Trinajstić information content (AvgIpc) is 2.62. The van der Waals surface area contributed by atoms with Crippen molar-refractivity contribution in [1.82, 2.24) is 4.31 Å². The van der Waals surface area contributed by atoms with Gasteiger partial charge in [0.15, 0.2) is 11.5 Å². The normalized spacial score (nSPS) is 17.7. The molecule has 1 aliphatic heterocycles. The average molecular weight is 505 g/mol. The molecule has 1 heterocycles. The molecule has 0 bridgehead atoms. The Morgan fingerprint density at radius 3 is 2.38 bits per heavy atom. The fourth-order valence-electron chi connectivity index (χ4n) is 3.25. The Kier molecular flexibility index (Phi) is 5.67. The molecule has 2 aromatic rings. The second-order valence-electron chi connectivity index (χ2n) is 6.02. The molecule has 1 unspecified atom stereocenters. The standard InChI is InChI=1S/C18H19Br2NO4S/c1-11-14-10-17(25-3)16(24-2)8-12(14)6-7-21(11)26(22,23)18-9-13(19)4-5-15(18)20/h4-5,8-11H,6-7H2,1-3H3. The molecule has 0 fully saturated rings. The molecule has 0 amide bonds. The Balaban J connectivity index is 2.06.